The number of rotatable bonds is 9. The van der Waals surface area contributed by atoms with Crippen LogP contribution in [0.15, 0.2) is 36.3 Å². The summed E-state index contributed by atoms with van der Waals surface area (Å²) < 4.78 is 142. The molecule has 0 fully saturated rings. The highest BCUT2D eigenvalue weighted by Crippen LogP contribution is 2.25. The van der Waals surface area contributed by atoms with Crippen molar-refractivity contribution in [3.63, 3.8) is 0 Å². The summed E-state index contributed by atoms with van der Waals surface area (Å²) >= 11 is 0. The highest BCUT2D eigenvalue weighted by atomic mass is 16.9. The van der Waals surface area contributed by atoms with Crippen molar-refractivity contribution in [1.29, 1.82) is 0 Å². The van der Waals surface area contributed by atoms with Crippen molar-refractivity contribution >= 4 is 16.7 Å². The average molecular weight is 364 g/mol. The lowest BCUT2D eigenvalue weighted by Crippen LogP contribution is -2.14. The molecule has 0 aliphatic carbocycles. The van der Waals surface area contributed by atoms with Crippen LogP contribution in [0.25, 0.3) is 10.8 Å². The maximum Gasteiger partial charge on any atom is 0.313 e. The van der Waals surface area contributed by atoms with Crippen LogP contribution in [-0.4, -0.2) is 31.2 Å². The quantitative estimate of drug-likeness (QED) is 0.384. The van der Waals surface area contributed by atoms with Gasteiger partial charge in [0.25, 0.3) is 5.09 Å². The zero-order chi connectivity index (χ0) is 33.1. The topological polar surface area (TPSA) is 87.9 Å². The smallest absolute Gasteiger partial charge is 0.313 e. The second-order valence-electron chi connectivity index (χ2n) is 4.26. The Morgan fingerprint density at radius 2 is 2.00 bits per heavy atom. The highest BCUT2D eigenvalue weighted by Gasteiger charge is 2.17. The van der Waals surface area contributed by atoms with Crippen molar-refractivity contribution in [1.82, 2.24) is 0 Å². The van der Waals surface area contributed by atoms with Gasteiger partial charge in [0.1, 0.15) is 5.75 Å². The van der Waals surface area contributed by atoms with Gasteiger partial charge in [0, 0.05) is 5.48 Å². The number of fused-ring (bicyclic) bond motifs is 1. The van der Waals surface area contributed by atoms with Gasteiger partial charge in [-0.15, -0.1) is 10.1 Å². The van der Waals surface area contributed by atoms with E-state index in [9.17, 15) is 14.9 Å². The van der Waals surface area contributed by atoms with Crippen molar-refractivity contribution in [3.8, 4) is 5.75 Å². The van der Waals surface area contributed by atoms with Gasteiger partial charge < -0.3 is 14.3 Å². The van der Waals surface area contributed by atoms with Gasteiger partial charge in [-0.05, 0) is 48.1 Å². The van der Waals surface area contributed by atoms with E-state index in [1.165, 1.54) is 0 Å². The van der Waals surface area contributed by atoms with Crippen LogP contribution < -0.4 is 4.74 Å². The molecule has 0 saturated heterocycles. The largest absolute Gasteiger partial charge is 0.497 e. The van der Waals surface area contributed by atoms with Crippen molar-refractivity contribution < 1.29 is 47.5 Å². The summed E-state index contributed by atoms with van der Waals surface area (Å²) in [5, 5.41) is 7.46. The fourth-order valence-corrected chi connectivity index (χ4v) is 1.53. The van der Waals surface area contributed by atoms with Crippen LogP contribution in [0.2, 0.25) is 0 Å². The van der Waals surface area contributed by atoms with Gasteiger partial charge in [-0.1, -0.05) is 24.2 Å². The molecule has 0 bridgehead atoms. The second kappa shape index (κ2) is 8.86. The molecule has 0 N–H and O–H groups in total. The van der Waals surface area contributed by atoms with Crippen molar-refractivity contribution in [2.75, 3.05) is 20.2 Å². The van der Waals surface area contributed by atoms with Gasteiger partial charge in [0.15, 0.2) is 0 Å². The Morgan fingerprint density at radius 1 is 1.28 bits per heavy atom. The summed E-state index contributed by atoms with van der Waals surface area (Å²) in [6.45, 7) is -7.28. The molecular weight excluding hydrogens is 326 g/mol. The highest BCUT2D eigenvalue weighted by molar-refractivity contribution is 5.86. The zero-order valence-electron chi connectivity index (χ0n) is 29.5. The molecule has 0 saturated carbocycles. The van der Waals surface area contributed by atoms with Crippen LogP contribution in [0, 0.1) is 10.1 Å². The minimum Gasteiger partial charge on any atom is -0.497 e. The van der Waals surface area contributed by atoms with Crippen LogP contribution >= 0.6 is 0 Å². The molecule has 2 aromatic carbocycles. The lowest BCUT2D eigenvalue weighted by atomic mass is 9.98. The Balaban J connectivity index is 2.66. The number of hydrogen-bond donors (Lipinski definition) is 0. The summed E-state index contributed by atoms with van der Waals surface area (Å²) in [5.41, 5.74) is -0.735. The molecule has 0 aliphatic rings. The molecule has 0 spiro atoms. The van der Waals surface area contributed by atoms with Crippen LogP contribution in [-0.2, 0) is 14.4 Å². The van der Waals surface area contributed by atoms with E-state index in [-0.39, 0.29) is 0 Å². The van der Waals surface area contributed by atoms with Crippen LogP contribution in [0.3, 0.4) is 0 Å². The van der Waals surface area contributed by atoms with Crippen LogP contribution in [0.4, 0.5) is 0 Å². The Labute approximate surface area is 169 Å². The number of nitrogens with zero attached hydrogens (tertiary/aromatic N) is 1. The lowest BCUT2D eigenvalue weighted by Gasteiger charge is -2.13. The molecule has 2 rings (SSSR count). The maximum absolute atomic E-state index is 12.9. The van der Waals surface area contributed by atoms with E-state index in [1.54, 1.807) is 0 Å². The minimum atomic E-state index is -4.18. The first-order valence-electron chi connectivity index (χ1n) is 14.9. The van der Waals surface area contributed by atoms with Crippen LogP contribution in [0.1, 0.15) is 54.5 Å². The summed E-state index contributed by atoms with van der Waals surface area (Å²) in [5.74, 6) is -4.67. The number of hydrogen-bond acceptors (Lipinski definition) is 6. The monoisotopic (exact) mass is 364 g/mol. The van der Waals surface area contributed by atoms with E-state index < -0.39 is 108 Å². The fourth-order valence-electron chi connectivity index (χ4n) is 1.53. The van der Waals surface area contributed by atoms with Gasteiger partial charge in [-0.2, -0.15) is 0 Å². The van der Waals surface area contributed by atoms with Gasteiger partial charge >= 0.3 is 5.97 Å². The number of methoxy groups -OCH3 is 1. The predicted octanol–water partition coefficient (Wildman–Crippen LogP) is 3.48. The summed E-state index contributed by atoms with van der Waals surface area (Å²) in [7, 11) is -3.17. The molecule has 25 heavy (non-hydrogen) atoms. The van der Waals surface area contributed by atoms with Crippen molar-refractivity contribution in [3.05, 3.63) is 51.9 Å². The SMILES string of the molecule is [2H]c1c([C@H](C)C(=O)OC([2H])([2H])C([2H])([2H])C([2H])([2H])C([2H])([2H])O[N+](=O)[O-])c([2H])c2c([2H])c([2H])c(OC([2H])([2H])[2H])c([2H])c2c1[2H]. The molecular formula is C18H21NO6. The molecule has 1 atom stereocenters. The summed E-state index contributed by atoms with van der Waals surface area (Å²) in [6.07, 6.45) is -8.36. The molecule has 0 unspecified atom stereocenters. The number of benzene rings is 2. The number of carbonyl (C=O) groups is 1. The molecule has 0 heterocycles. The molecule has 7 heteroatoms. The molecule has 0 aliphatic heterocycles. The molecule has 134 valence electrons. The van der Waals surface area contributed by atoms with Crippen molar-refractivity contribution in [2.24, 2.45) is 0 Å². The number of carbonyl (C=O) groups excluding carboxylic acids is 1. The van der Waals surface area contributed by atoms with Gasteiger partial charge in [0.05, 0.1) is 43.9 Å². The normalized spacial score (nSPS) is 24.4. The van der Waals surface area contributed by atoms with Gasteiger partial charge in [-0.25, -0.2) is 0 Å². The van der Waals surface area contributed by atoms with E-state index in [2.05, 4.69) is 14.3 Å². The third-order valence-electron chi connectivity index (χ3n) is 2.70. The average Bonchev–Trinajstić information content (AvgIpc) is 2.80. The molecule has 0 aromatic heterocycles. The number of esters is 1. The van der Waals surface area contributed by atoms with Gasteiger partial charge in [-0.3, -0.25) is 4.79 Å². The maximum atomic E-state index is 12.9. The van der Waals surface area contributed by atoms with E-state index in [0.717, 1.165) is 6.92 Å². The van der Waals surface area contributed by atoms with Gasteiger partial charge in [0.2, 0.25) is 0 Å². The summed E-state index contributed by atoms with van der Waals surface area (Å²) in [4.78, 5) is 27.0. The Bertz CT molecular complexity index is 1440. The first-order valence-corrected chi connectivity index (χ1v) is 6.43. The number of ether oxygens (including phenoxy) is 2. The van der Waals surface area contributed by atoms with E-state index >= 15 is 0 Å². The third-order valence-corrected chi connectivity index (χ3v) is 2.70. The first kappa shape index (κ1) is 6.16. The molecule has 0 amide bonds. The standard InChI is InChI=1S/C18H21NO6/c1-13(18(20)24-9-3-4-10-25-19(21)22)14-5-6-16-12-17(23-2)8-7-15(16)11-14/h5-8,11-13H,3-4,9-10H2,1-2H3/t13-/m0/s1/i2D3,3D2,4D2,5D,6D,7D,8D,9D2,10D2,11D,12D. The lowest BCUT2D eigenvalue weighted by molar-refractivity contribution is -0.757. The van der Waals surface area contributed by atoms with Crippen LogP contribution in [0.5, 0.6) is 5.75 Å². The Kier molecular flexibility index (Phi) is 2.18. The summed E-state index contributed by atoms with van der Waals surface area (Å²) in [6, 6.07) is -5.62. The minimum absolute atomic E-state index is 0.651. The molecule has 7 nitrogen and oxygen atoms in total. The second-order valence-corrected chi connectivity index (χ2v) is 4.26. The zero-order valence-corrected chi connectivity index (χ0v) is 12.5. The van der Waals surface area contributed by atoms with Crippen molar-refractivity contribution in [2.45, 2.75) is 25.6 Å². The Morgan fingerprint density at radius 3 is 2.76 bits per heavy atom. The molecule has 0 radical (unpaired) electrons. The first-order chi connectivity index (χ1) is 18.6. The van der Waals surface area contributed by atoms with E-state index in [0.29, 0.717) is 0 Å². The predicted molar refractivity (Wildman–Crippen MR) is 92.1 cm³/mol. The Hall–Kier alpha value is -2.83. The van der Waals surface area contributed by atoms with E-state index in [1.807, 2.05) is 0 Å². The fraction of sp³-hybridized carbons (Fsp3) is 0.389. The van der Waals surface area contributed by atoms with E-state index in [4.69, 9.17) is 23.3 Å². The molecule has 2 aromatic rings. The third kappa shape index (κ3) is 5.34.